The molecule has 0 radical (unpaired) electrons. The lowest BCUT2D eigenvalue weighted by Gasteiger charge is -2.36. The van der Waals surface area contributed by atoms with Crippen molar-refractivity contribution < 1.29 is 14.3 Å². The molecule has 2 heterocycles. The van der Waals surface area contributed by atoms with Crippen LogP contribution in [0.3, 0.4) is 0 Å². The van der Waals surface area contributed by atoms with Crippen molar-refractivity contribution in [1.29, 1.82) is 0 Å². The SMILES string of the molecule is O=C(COc1ccccc1)N1CCOc2ccc(CN3CCN(c4ccccc4)CC3)cc2C1. The molecule has 2 aliphatic heterocycles. The minimum Gasteiger partial charge on any atom is -0.491 e. The number of para-hydroxylation sites is 2. The molecule has 0 aliphatic carbocycles. The molecular weight excluding hydrogens is 426 g/mol. The number of rotatable bonds is 6. The van der Waals surface area contributed by atoms with Gasteiger partial charge in [-0.25, -0.2) is 0 Å². The van der Waals surface area contributed by atoms with E-state index in [2.05, 4.69) is 58.3 Å². The quantitative estimate of drug-likeness (QED) is 0.563. The number of fused-ring (bicyclic) bond motifs is 1. The molecule has 0 saturated carbocycles. The lowest BCUT2D eigenvalue weighted by atomic mass is 10.1. The summed E-state index contributed by atoms with van der Waals surface area (Å²) in [4.78, 5) is 19.6. The molecule has 0 atom stereocenters. The highest BCUT2D eigenvalue weighted by atomic mass is 16.5. The Balaban J connectivity index is 1.18. The zero-order valence-corrected chi connectivity index (χ0v) is 19.4. The molecule has 176 valence electrons. The third kappa shape index (κ3) is 5.51. The Labute approximate surface area is 201 Å². The smallest absolute Gasteiger partial charge is 0.260 e. The van der Waals surface area contributed by atoms with Crippen LogP contribution in [0.15, 0.2) is 78.9 Å². The summed E-state index contributed by atoms with van der Waals surface area (Å²) in [5.41, 5.74) is 3.61. The van der Waals surface area contributed by atoms with Crippen molar-refractivity contribution in [3.8, 4) is 11.5 Å². The summed E-state index contributed by atoms with van der Waals surface area (Å²) in [5, 5.41) is 0. The van der Waals surface area contributed by atoms with E-state index in [4.69, 9.17) is 9.47 Å². The molecule has 0 spiro atoms. The monoisotopic (exact) mass is 457 g/mol. The van der Waals surface area contributed by atoms with Crippen LogP contribution in [0.1, 0.15) is 11.1 Å². The highest BCUT2D eigenvalue weighted by molar-refractivity contribution is 5.78. The molecule has 3 aromatic rings. The number of nitrogens with zero attached hydrogens (tertiary/aromatic N) is 3. The molecule has 1 saturated heterocycles. The van der Waals surface area contributed by atoms with Crippen molar-refractivity contribution >= 4 is 11.6 Å². The lowest BCUT2D eigenvalue weighted by molar-refractivity contribution is -0.134. The first-order chi connectivity index (χ1) is 16.7. The highest BCUT2D eigenvalue weighted by Crippen LogP contribution is 2.26. The molecule has 1 fully saturated rings. The average Bonchev–Trinajstić information content (AvgIpc) is 3.11. The maximum absolute atomic E-state index is 12.8. The Kier molecular flexibility index (Phi) is 6.96. The molecule has 0 unspecified atom stereocenters. The Morgan fingerprint density at radius 1 is 0.853 bits per heavy atom. The van der Waals surface area contributed by atoms with Crippen molar-refractivity contribution in [3.63, 3.8) is 0 Å². The summed E-state index contributed by atoms with van der Waals surface area (Å²) in [6.07, 6.45) is 0. The number of ether oxygens (including phenoxy) is 2. The summed E-state index contributed by atoms with van der Waals surface area (Å²) in [6.45, 7) is 6.65. The van der Waals surface area contributed by atoms with Crippen LogP contribution in [0.2, 0.25) is 0 Å². The number of amides is 1. The molecule has 0 N–H and O–H groups in total. The Morgan fingerprint density at radius 2 is 1.59 bits per heavy atom. The summed E-state index contributed by atoms with van der Waals surface area (Å²) >= 11 is 0. The first kappa shape index (κ1) is 22.3. The first-order valence-corrected chi connectivity index (χ1v) is 12.0. The van der Waals surface area contributed by atoms with Crippen LogP contribution < -0.4 is 14.4 Å². The van der Waals surface area contributed by atoms with Gasteiger partial charge < -0.3 is 19.3 Å². The van der Waals surface area contributed by atoms with E-state index in [1.165, 1.54) is 11.3 Å². The van der Waals surface area contributed by atoms with Gasteiger partial charge in [0.05, 0.1) is 6.54 Å². The number of carbonyl (C=O) groups is 1. The maximum atomic E-state index is 12.8. The van der Waals surface area contributed by atoms with Gasteiger partial charge in [0.25, 0.3) is 5.91 Å². The summed E-state index contributed by atoms with van der Waals surface area (Å²) in [6, 6.07) is 26.5. The Hall–Kier alpha value is -3.51. The molecule has 6 heteroatoms. The molecule has 5 rings (SSSR count). The molecule has 1 amide bonds. The van der Waals surface area contributed by atoms with Crippen LogP contribution in [-0.4, -0.2) is 61.6 Å². The predicted molar refractivity (Wildman–Crippen MR) is 133 cm³/mol. The fraction of sp³-hybridized carbons (Fsp3) is 0.321. The van der Waals surface area contributed by atoms with Crippen molar-refractivity contribution in [2.75, 3.05) is 50.8 Å². The normalized spacial score (nSPS) is 16.4. The van der Waals surface area contributed by atoms with E-state index in [-0.39, 0.29) is 12.5 Å². The molecule has 0 aromatic heterocycles. The van der Waals surface area contributed by atoms with Crippen LogP contribution in [0.25, 0.3) is 0 Å². The second-order valence-corrected chi connectivity index (χ2v) is 8.81. The summed E-state index contributed by atoms with van der Waals surface area (Å²) in [5.74, 6) is 1.55. The van der Waals surface area contributed by atoms with E-state index in [1.807, 2.05) is 35.2 Å². The first-order valence-electron chi connectivity index (χ1n) is 12.0. The summed E-state index contributed by atoms with van der Waals surface area (Å²) in [7, 11) is 0. The number of benzene rings is 3. The molecule has 3 aromatic carbocycles. The van der Waals surface area contributed by atoms with Crippen molar-refractivity contribution in [2.45, 2.75) is 13.1 Å². The van der Waals surface area contributed by atoms with Crippen LogP contribution in [0, 0.1) is 0 Å². The van der Waals surface area contributed by atoms with Gasteiger partial charge in [0, 0.05) is 50.5 Å². The number of hydrogen-bond acceptors (Lipinski definition) is 5. The van der Waals surface area contributed by atoms with Gasteiger partial charge in [-0.2, -0.15) is 0 Å². The third-order valence-corrected chi connectivity index (χ3v) is 6.46. The highest BCUT2D eigenvalue weighted by Gasteiger charge is 2.22. The van der Waals surface area contributed by atoms with Crippen molar-refractivity contribution in [2.24, 2.45) is 0 Å². The van der Waals surface area contributed by atoms with Crippen molar-refractivity contribution in [1.82, 2.24) is 9.80 Å². The van der Waals surface area contributed by atoms with Gasteiger partial charge in [-0.3, -0.25) is 9.69 Å². The molecular formula is C28H31N3O3. The lowest BCUT2D eigenvalue weighted by Crippen LogP contribution is -2.45. The zero-order valence-electron chi connectivity index (χ0n) is 19.4. The average molecular weight is 458 g/mol. The van der Waals surface area contributed by atoms with E-state index < -0.39 is 0 Å². The van der Waals surface area contributed by atoms with E-state index in [1.54, 1.807) is 0 Å². The van der Waals surface area contributed by atoms with Gasteiger partial charge in [-0.05, 0) is 42.0 Å². The predicted octanol–water partition coefficient (Wildman–Crippen LogP) is 3.81. The van der Waals surface area contributed by atoms with Gasteiger partial charge in [-0.15, -0.1) is 0 Å². The minimum absolute atomic E-state index is 0.0252. The van der Waals surface area contributed by atoms with Gasteiger partial charge in [0.15, 0.2) is 6.61 Å². The largest absolute Gasteiger partial charge is 0.491 e. The standard InChI is InChI=1S/C28H31N3O3/c32-28(22-34-26-9-5-2-6-10-26)31-17-18-33-27-12-11-23(19-24(27)21-31)20-29-13-15-30(16-14-29)25-7-3-1-4-8-25/h1-12,19H,13-18,20-22H2. The second kappa shape index (κ2) is 10.6. The minimum atomic E-state index is -0.0252. The van der Waals surface area contributed by atoms with Crippen LogP contribution in [0.4, 0.5) is 5.69 Å². The van der Waals surface area contributed by atoms with Gasteiger partial charge in [0.1, 0.15) is 18.1 Å². The van der Waals surface area contributed by atoms with E-state index in [0.29, 0.717) is 25.4 Å². The van der Waals surface area contributed by atoms with Gasteiger partial charge in [-0.1, -0.05) is 42.5 Å². The summed E-state index contributed by atoms with van der Waals surface area (Å²) < 4.78 is 11.6. The fourth-order valence-electron chi connectivity index (χ4n) is 4.57. The van der Waals surface area contributed by atoms with Crippen molar-refractivity contribution in [3.05, 3.63) is 90.0 Å². The number of carbonyl (C=O) groups excluding carboxylic acids is 1. The molecule has 34 heavy (non-hydrogen) atoms. The number of hydrogen-bond donors (Lipinski definition) is 0. The molecule has 6 nitrogen and oxygen atoms in total. The molecule has 0 bridgehead atoms. The molecule has 2 aliphatic rings. The van der Waals surface area contributed by atoms with Crippen LogP contribution in [-0.2, 0) is 17.9 Å². The van der Waals surface area contributed by atoms with Crippen LogP contribution in [0.5, 0.6) is 11.5 Å². The van der Waals surface area contributed by atoms with Gasteiger partial charge >= 0.3 is 0 Å². The topological polar surface area (TPSA) is 45.2 Å². The number of anilines is 1. The van der Waals surface area contributed by atoms with E-state index >= 15 is 0 Å². The Morgan fingerprint density at radius 3 is 2.35 bits per heavy atom. The van der Waals surface area contributed by atoms with Crippen LogP contribution >= 0.6 is 0 Å². The Bertz CT molecular complexity index is 1080. The van der Waals surface area contributed by atoms with Gasteiger partial charge in [0.2, 0.25) is 0 Å². The number of piperazine rings is 1. The third-order valence-electron chi connectivity index (χ3n) is 6.46. The zero-order chi connectivity index (χ0) is 23.2. The second-order valence-electron chi connectivity index (χ2n) is 8.81. The van der Waals surface area contributed by atoms with E-state index in [9.17, 15) is 4.79 Å². The maximum Gasteiger partial charge on any atom is 0.260 e. The fourth-order valence-corrected chi connectivity index (χ4v) is 4.57. The van der Waals surface area contributed by atoms with E-state index in [0.717, 1.165) is 44.0 Å².